The van der Waals surface area contributed by atoms with Gasteiger partial charge in [-0.25, -0.2) is 10.2 Å². The number of carbonyl (C=O) groups excluding carboxylic acids is 2. The van der Waals surface area contributed by atoms with Gasteiger partial charge in [-0.15, -0.1) is 0 Å². The maximum atomic E-state index is 13.2. The van der Waals surface area contributed by atoms with Gasteiger partial charge in [-0.2, -0.15) is 5.10 Å². The monoisotopic (exact) mass is 587 g/mol. The standard InChI is InChI=1S/C31H23Cl2N3O5/c1-39-25-14-12-19(32)16-22(25)31(38)41-26-13-11-18(15-27(26)40-2)17-34-36-30(37)29-28(20-7-3-5-9-23(20)33)21-8-4-6-10-24(21)35-29/h3-17,35H,1-2H3,(H,36,37). The lowest BCUT2D eigenvalue weighted by Crippen LogP contribution is -2.19. The van der Waals surface area contributed by atoms with Crippen LogP contribution in [0.2, 0.25) is 10.0 Å². The van der Waals surface area contributed by atoms with E-state index >= 15 is 0 Å². The van der Waals surface area contributed by atoms with E-state index in [0.29, 0.717) is 32.6 Å². The number of ether oxygens (including phenoxy) is 3. The molecule has 0 atom stereocenters. The van der Waals surface area contributed by atoms with Crippen LogP contribution in [0.3, 0.4) is 0 Å². The number of hydrazone groups is 1. The molecule has 0 saturated heterocycles. The molecule has 0 bridgehead atoms. The lowest BCUT2D eigenvalue weighted by atomic mass is 10.0. The van der Waals surface area contributed by atoms with Gasteiger partial charge in [0, 0.05) is 32.1 Å². The fourth-order valence-electron chi connectivity index (χ4n) is 4.32. The minimum Gasteiger partial charge on any atom is -0.496 e. The number of carbonyl (C=O) groups is 2. The molecule has 4 aromatic carbocycles. The Bertz CT molecular complexity index is 1800. The highest BCUT2D eigenvalue weighted by atomic mass is 35.5. The lowest BCUT2D eigenvalue weighted by molar-refractivity contribution is 0.0726. The molecular weight excluding hydrogens is 565 g/mol. The third-order valence-corrected chi connectivity index (χ3v) is 6.79. The quantitative estimate of drug-likeness (QED) is 0.0869. The first-order valence-corrected chi connectivity index (χ1v) is 13.1. The summed E-state index contributed by atoms with van der Waals surface area (Å²) < 4.78 is 16.2. The second kappa shape index (κ2) is 12.2. The summed E-state index contributed by atoms with van der Waals surface area (Å²) in [7, 11) is 2.89. The molecule has 1 aromatic heterocycles. The van der Waals surface area contributed by atoms with Gasteiger partial charge in [-0.1, -0.05) is 59.6 Å². The Labute approximate surface area is 245 Å². The average Bonchev–Trinajstić information content (AvgIpc) is 3.37. The second-order valence-corrected chi connectivity index (χ2v) is 9.59. The Balaban J connectivity index is 1.35. The van der Waals surface area contributed by atoms with Crippen LogP contribution in [0.25, 0.3) is 22.0 Å². The fourth-order valence-corrected chi connectivity index (χ4v) is 4.72. The SMILES string of the molecule is COc1cc(C=NNC(=O)c2[nH]c3ccccc3c2-c2ccccc2Cl)ccc1OC(=O)c1cc(Cl)ccc1OC. The summed E-state index contributed by atoms with van der Waals surface area (Å²) in [6.45, 7) is 0. The zero-order valence-electron chi connectivity index (χ0n) is 21.9. The van der Waals surface area contributed by atoms with Crippen molar-refractivity contribution in [3.8, 4) is 28.4 Å². The number of methoxy groups -OCH3 is 2. The van der Waals surface area contributed by atoms with Crippen molar-refractivity contribution in [1.82, 2.24) is 10.4 Å². The molecule has 2 N–H and O–H groups in total. The Kier molecular flexibility index (Phi) is 8.24. The number of H-pyrrole nitrogens is 1. The molecule has 41 heavy (non-hydrogen) atoms. The number of esters is 1. The number of para-hydroxylation sites is 1. The summed E-state index contributed by atoms with van der Waals surface area (Å²) in [6, 6.07) is 24.4. The number of aromatic nitrogens is 1. The van der Waals surface area contributed by atoms with Crippen molar-refractivity contribution < 1.29 is 23.8 Å². The van der Waals surface area contributed by atoms with E-state index in [2.05, 4.69) is 15.5 Å². The molecule has 0 spiro atoms. The highest BCUT2D eigenvalue weighted by Crippen LogP contribution is 2.36. The Morgan fingerprint density at radius 1 is 0.854 bits per heavy atom. The Hall–Kier alpha value is -4.79. The predicted molar refractivity (Wildman–Crippen MR) is 160 cm³/mol. The zero-order chi connectivity index (χ0) is 28.9. The Morgan fingerprint density at radius 2 is 1.59 bits per heavy atom. The highest BCUT2D eigenvalue weighted by Gasteiger charge is 2.21. The topological polar surface area (TPSA) is 102 Å². The first-order valence-electron chi connectivity index (χ1n) is 12.3. The molecular formula is C31H23Cl2N3O5. The van der Waals surface area contributed by atoms with Crippen LogP contribution >= 0.6 is 23.2 Å². The van der Waals surface area contributed by atoms with E-state index in [9.17, 15) is 9.59 Å². The molecule has 0 fully saturated rings. The third-order valence-electron chi connectivity index (χ3n) is 6.23. The van der Waals surface area contributed by atoms with Crippen molar-refractivity contribution in [3.05, 3.63) is 112 Å². The van der Waals surface area contributed by atoms with Crippen molar-refractivity contribution in [2.45, 2.75) is 0 Å². The second-order valence-electron chi connectivity index (χ2n) is 8.74. The van der Waals surface area contributed by atoms with Gasteiger partial charge in [0.15, 0.2) is 11.5 Å². The van der Waals surface area contributed by atoms with E-state index in [4.69, 9.17) is 37.4 Å². The zero-order valence-corrected chi connectivity index (χ0v) is 23.4. The molecule has 0 aliphatic rings. The highest BCUT2D eigenvalue weighted by molar-refractivity contribution is 6.34. The molecule has 0 aliphatic carbocycles. The van der Waals surface area contributed by atoms with Crippen LogP contribution in [-0.4, -0.2) is 37.3 Å². The molecule has 0 radical (unpaired) electrons. The third kappa shape index (κ3) is 5.89. The van der Waals surface area contributed by atoms with E-state index in [1.165, 1.54) is 26.5 Å². The van der Waals surface area contributed by atoms with E-state index in [0.717, 1.165) is 16.5 Å². The van der Waals surface area contributed by atoms with Crippen LogP contribution in [0.15, 0.2) is 90.0 Å². The molecule has 5 rings (SSSR count). The van der Waals surface area contributed by atoms with Gasteiger partial charge in [0.2, 0.25) is 0 Å². The molecule has 8 nitrogen and oxygen atoms in total. The molecule has 0 saturated carbocycles. The summed E-state index contributed by atoms with van der Waals surface area (Å²) in [5, 5.41) is 5.87. The van der Waals surface area contributed by atoms with Gasteiger partial charge in [0.1, 0.15) is 17.0 Å². The summed E-state index contributed by atoms with van der Waals surface area (Å²) in [5.41, 5.74) is 5.85. The summed E-state index contributed by atoms with van der Waals surface area (Å²) in [4.78, 5) is 29.2. The summed E-state index contributed by atoms with van der Waals surface area (Å²) in [5.74, 6) is -0.315. The number of nitrogens with one attached hydrogen (secondary N) is 2. The van der Waals surface area contributed by atoms with Crippen molar-refractivity contribution in [2.75, 3.05) is 14.2 Å². The number of rotatable bonds is 8. The number of benzene rings is 4. The van der Waals surface area contributed by atoms with Crippen LogP contribution in [0.4, 0.5) is 0 Å². The maximum absolute atomic E-state index is 13.2. The number of fused-ring (bicyclic) bond motifs is 1. The van der Waals surface area contributed by atoms with E-state index < -0.39 is 11.9 Å². The number of hydrogen-bond acceptors (Lipinski definition) is 6. The molecule has 0 unspecified atom stereocenters. The van der Waals surface area contributed by atoms with Crippen molar-refractivity contribution in [1.29, 1.82) is 0 Å². The van der Waals surface area contributed by atoms with Crippen LogP contribution in [0.5, 0.6) is 17.2 Å². The summed E-state index contributed by atoms with van der Waals surface area (Å²) in [6.07, 6.45) is 1.45. The number of nitrogens with zero attached hydrogens (tertiary/aromatic N) is 1. The van der Waals surface area contributed by atoms with Crippen molar-refractivity contribution in [3.63, 3.8) is 0 Å². The van der Waals surface area contributed by atoms with Crippen LogP contribution < -0.4 is 19.6 Å². The Morgan fingerprint density at radius 3 is 2.37 bits per heavy atom. The smallest absolute Gasteiger partial charge is 0.347 e. The minimum absolute atomic E-state index is 0.170. The van der Waals surface area contributed by atoms with Crippen molar-refractivity contribution in [2.24, 2.45) is 5.10 Å². The first-order chi connectivity index (χ1) is 19.9. The van der Waals surface area contributed by atoms with Crippen LogP contribution in [-0.2, 0) is 0 Å². The van der Waals surface area contributed by atoms with Crippen molar-refractivity contribution >= 4 is 52.2 Å². The van der Waals surface area contributed by atoms with Gasteiger partial charge in [-0.05, 0) is 54.1 Å². The van der Waals surface area contributed by atoms with E-state index in [1.807, 2.05) is 42.5 Å². The van der Waals surface area contributed by atoms with Gasteiger partial charge >= 0.3 is 5.97 Å². The van der Waals surface area contributed by atoms with Gasteiger partial charge in [-0.3, -0.25) is 4.79 Å². The molecule has 1 amide bonds. The predicted octanol–water partition coefficient (Wildman–Crippen LogP) is 7.14. The van der Waals surface area contributed by atoms with E-state index in [1.54, 1.807) is 36.4 Å². The number of aromatic amines is 1. The van der Waals surface area contributed by atoms with E-state index in [-0.39, 0.29) is 17.1 Å². The molecule has 10 heteroatoms. The number of hydrogen-bond donors (Lipinski definition) is 2. The van der Waals surface area contributed by atoms with Crippen LogP contribution in [0, 0.1) is 0 Å². The van der Waals surface area contributed by atoms with Gasteiger partial charge in [0.05, 0.1) is 20.4 Å². The van der Waals surface area contributed by atoms with Crippen LogP contribution in [0.1, 0.15) is 26.4 Å². The molecule has 1 heterocycles. The first kappa shape index (κ1) is 27.8. The lowest BCUT2D eigenvalue weighted by Gasteiger charge is -2.12. The normalized spacial score (nSPS) is 11.0. The summed E-state index contributed by atoms with van der Waals surface area (Å²) >= 11 is 12.5. The largest absolute Gasteiger partial charge is 0.496 e. The van der Waals surface area contributed by atoms with Gasteiger partial charge < -0.3 is 19.2 Å². The maximum Gasteiger partial charge on any atom is 0.347 e. The number of amides is 1. The average molecular weight is 588 g/mol. The minimum atomic E-state index is -0.663. The number of halogens is 2. The fraction of sp³-hybridized carbons (Fsp3) is 0.0645. The van der Waals surface area contributed by atoms with Gasteiger partial charge in [0.25, 0.3) is 5.91 Å². The molecule has 206 valence electrons. The molecule has 0 aliphatic heterocycles. The molecule has 5 aromatic rings.